The first-order valence-electron chi connectivity index (χ1n) is 10.8. The van der Waals surface area contributed by atoms with Crippen molar-refractivity contribution in [1.29, 1.82) is 0 Å². The van der Waals surface area contributed by atoms with E-state index in [0.717, 1.165) is 37.4 Å². The summed E-state index contributed by atoms with van der Waals surface area (Å²) in [5, 5.41) is 10.6. The van der Waals surface area contributed by atoms with Crippen LogP contribution in [0.2, 0.25) is 0 Å². The van der Waals surface area contributed by atoms with E-state index < -0.39 is 5.97 Å². The molecular weight excluding hydrogens is 404 g/mol. The molecule has 0 radical (unpaired) electrons. The molecule has 0 spiro atoms. The predicted molar refractivity (Wildman–Crippen MR) is 110 cm³/mol. The van der Waals surface area contributed by atoms with Crippen LogP contribution in [0.3, 0.4) is 0 Å². The molecule has 1 N–H and O–H groups in total. The van der Waals surface area contributed by atoms with Crippen LogP contribution in [-0.4, -0.2) is 22.2 Å². The monoisotopic (exact) mass is 436 g/mol. The van der Waals surface area contributed by atoms with Gasteiger partial charge >= 0.3 is 5.97 Å². The van der Waals surface area contributed by atoms with Gasteiger partial charge in [-0.1, -0.05) is 35.4 Å². The smallest absolute Gasteiger partial charge is 0.306 e. The van der Waals surface area contributed by atoms with Gasteiger partial charge in [-0.05, 0) is 91.9 Å². The van der Waals surface area contributed by atoms with Crippen molar-refractivity contribution in [2.45, 2.75) is 71.6 Å². The van der Waals surface area contributed by atoms with E-state index in [4.69, 9.17) is 0 Å². The van der Waals surface area contributed by atoms with Gasteiger partial charge in [-0.15, -0.1) is 0 Å². The summed E-state index contributed by atoms with van der Waals surface area (Å²) in [6.07, 6.45) is 11.3. The Bertz CT molecular complexity index is 671. The molecule has 3 nitrogen and oxygen atoms in total. The van der Waals surface area contributed by atoms with E-state index in [1.807, 2.05) is 6.08 Å². The fourth-order valence-electron chi connectivity index (χ4n) is 7.88. The minimum atomic E-state index is -0.602. The fraction of sp³-hybridized carbons (Fsp3) is 0.826. The highest BCUT2D eigenvalue weighted by Gasteiger charge is 2.60. The number of carbonyl (C=O) groups excluding carboxylic acids is 1. The van der Waals surface area contributed by atoms with Crippen LogP contribution in [0.1, 0.15) is 71.6 Å². The molecule has 4 aliphatic carbocycles. The number of hydrogen-bond acceptors (Lipinski definition) is 2. The molecule has 0 heterocycles. The molecule has 0 bridgehead atoms. The first-order chi connectivity index (χ1) is 12.8. The second-order valence-electron chi connectivity index (χ2n) is 10.1. The van der Waals surface area contributed by atoms with Crippen molar-refractivity contribution >= 4 is 27.7 Å². The normalized spacial score (nSPS) is 44.7. The van der Waals surface area contributed by atoms with Gasteiger partial charge in [0, 0.05) is 11.8 Å². The Kier molecular flexibility index (Phi) is 5.10. The Hall–Kier alpha value is -0.640. The minimum absolute atomic E-state index is 0.175. The van der Waals surface area contributed by atoms with Gasteiger partial charge in [0.05, 0.1) is 5.92 Å². The van der Waals surface area contributed by atoms with Gasteiger partial charge in [0.1, 0.15) is 0 Å². The third-order valence-corrected chi connectivity index (χ3v) is 9.72. The Morgan fingerprint density at radius 2 is 1.96 bits per heavy atom. The standard InChI is InChI=1S/C23H33BrO3/c1-22-10-7-15(25)13-14(22)3-4-16-18-5-6-19(17(9-12-24)21(26)27)23(18,2)11-8-20(16)22/h13,16-20H,3-12H2,1-2H3,(H,26,27)/t16-,17?,18-,19+,20-,22-,23-/m0/s1. The lowest BCUT2D eigenvalue weighted by Gasteiger charge is -2.58. The molecule has 7 atom stereocenters. The maximum absolute atomic E-state index is 12.0. The summed E-state index contributed by atoms with van der Waals surface area (Å²) in [7, 11) is 0. The van der Waals surface area contributed by atoms with Gasteiger partial charge in [-0.25, -0.2) is 0 Å². The Balaban J connectivity index is 1.62. The second-order valence-corrected chi connectivity index (χ2v) is 10.9. The lowest BCUT2D eigenvalue weighted by Crippen LogP contribution is -2.51. The van der Waals surface area contributed by atoms with Crippen LogP contribution < -0.4 is 0 Å². The lowest BCUT2D eigenvalue weighted by atomic mass is 9.46. The molecule has 0 aromatic rings. The first-order valence-corrected chi connectivity index (χ1v) is 12.0. The second kappa shape index (κ2) is 7.00. The Morgan fingerprint density at radius 1 is 1.19 bits per heavy atom. The molecule has 4 heteroatoms. The number of ketones is 1. The van der Waals surface area contributed by atoms with Gasteiger partial charge in [0.15, 0.2) is 5.78 Å². The van der Waals surface area contributed by atoms with E-state index in [9.17, 15) is 14.7 Å². The highest BCUT2D eigenvalue weighted by Crippen LogP contribution is 2.67. The third kappa shape index (κ3) is 2.96. The average molecular weight is 437 g/mol. The van der Waals surface area contributed by atoms with Crippen molar-refractivity contribution in [2.24, 2.45) is 40.4 Å². The van der Waals surface area contributed by atoms with E-state index in [2.05, 4.69) is 29.8 Å². The Morgan fingerprint density at radius 3 is 2.67 bits per heavy atom. The molecule has 4 aliphatic rings. The predicted octanol–water partition coefficient (Wildman–Crippen LogP) is 5.62. The van der Waals surface area contributed by atoms with Crippen LogP contribution in [-0.2, 0) is 9.59 Å². The number of aliphatic carboxylic acids is 1. The number of fused-ring (bicyclic) bond motifs is 5. The highest BCUT2D eigenvalue weighted by molar-refractivity contribution is 9.09. The zero-order valence-corrected chi connectivity index (χ0v) is 18.3. The summed E-state index contributed by atoms with van der Waals surface area (Å²) in [6, 6.07) is 0. The Labute approximate surface area is 171 Å². The quantitative estimate of drug-likeness (QED) is 0.581. The molecule has 3 saturated carbocycles. The topological polar surface area (TPSA) is 54.4 Å². The van der Waals surface area contributed by atoms with Gasteiger partial charge in [-0.3, -0.25) is 9.59 Å². The molecule has 150 valence electrons. The highest BCUT2D eigenvalue weighted by atomic mass is 79.9. The van der Waals surface area contributed by atoms with Gasteiger partial charge in [0.25, 0.3) is 0 Å². The van der Waals surface area contributed by atoms with Gasteiger partial charge < -0.3 is 5.11 Å². The number of alkyl halides is 1. The molecule has 0 aromatic heterocycles. The van der Waals surface area contributed by atoms with E-state index >= 15 is 0 Å². The summed E-state index contributed by atoms with van der Waals surface area (Å²) in [4.78, 5) is 23.9. The SMILES string of the molecule is C[C@]12CC[C@H]3[C@@H](CCC4=CC(=O)CC[C@@]43C)[C@@H]1CC[C@@H]2C(CCBr)C(=O)O. The molecule has 0 aromatic carbocycles. The zero-order valence-electron chi connectivity index (χ0n) is 16.7. The molecule has 1 unspecified atom stereocenters. The van der Waals surface area contributed by atoms with E-state index in [0.29, 0.717) is 35.9 Å². The van der Waals surface area contributed by atoms with E-state index in [1.54, 1.807) is 0 Å². The average Bonchev–Trinajstić information content (AvgIpc) is 2.97. The maximum Gasteiger partial charge on any atom is 0.306 e. The molecule has 0 amide bonds. The number of carbonyl (C=O) groups is 2. The minimum Gasteiger partial charge on any atom is -0.481 e. The van der Waals surface area contributed by atoms with Crippen molar-refractivity contribution in [2.75, 3.05) is 5.33 Å². The van der Waals surface area contributed by atoms with Crippen LogP contribution in [0.25, 0.3) is 0 Å². The van der Waals surface area contributed by atoms with Crippen molar-refractivity contribution in [1.82, 2.24) is 0 Å². The van der Waals surface area contributed by atoms with Gasteiger partial charge in [-0.2, -0.15) is 0 Å². The summed E-state index contributed by atoms with van der Waals surface area (Å²) in [5.74, 6) is 1.88. The summed E-state index contributed by atoms with van der Waals surface area (Å²) >= 11 is 3.48. The summed E-state index contributed by atoms with van der Waals surface area (Å²) in [5.41, 5.74) is 1.80. The molecule has 3 fully saturated rings. The van der Waals surface area contributed by atoms with Crippen LogP contribution in [0.4, 0.5) is 0 Å². The molecule has 4 rings (SSSR count). The summed E-state index contributed by atoms with van der Waals surface area (Å²) < 4.78 is 0. The van der Waals surface area contributed by atoms with Crippen molar-refractivity contribution < 1.29 is 14.7 Å². The molecule has 27 heavy (non-hydrogen) atoms. The number of rotatable bonds is 4. The van der Waals surface area contributed by atoms with E-state index in [1.165, 1.54) is 24.8 Å². The fourth-order valence-corrected chi connectivity index (χ4v) is 8.37. The van der Waals surface area contributed by atoms with Crippen LogP contribution in [0.5, 0.6) is 0 Å². The van der Waals surface area contributed by atoms with Crippen molar-refractivity contribution in [3.8, 4) is 0 Å². The lowest BCUT2D eigenvalue weighted by molar-refractivity contribution is -0.147. The number of carboxylic acids is 1. The van der Waals surface area contributed by atoms with Crippen molar-refractivity contribution in [3.63, 3.8) is 0 Å². The number of allylic oxidation sites excluding steroid dienone is 1. The first kappa shape index (κ1) is 19.7. The largest absolute Gasteiger partial charge is 0.481 e. The molecule has 0 saturated heterocycles. The van der Waals surface area contributed by atoms with Gasteiger partial charge in [0.2, 0.25) is 0 Å². The zero-order chi connectivity index (χ0) is 19.4. The van der Waals surface area contributed by atoms with E-state index in [-0.39, 0.29) is 16.7 Å². The maximum atomic E-state index is 12.0. The van der Waals surface area contributed by atoms with Crippen LogP contribution in [0.15, 0.2) is 11.6 Å². The number of hydrogen-bond donors (Lipinski definition) is 1. The third-order valence-electron chi connectivity index (χ3n) is 9.26. The molecular formula is C23H33BrO3. The number of carboxylic acid groups (broad SMARTS) is 1. The van der Waals surface area contributed by atoms with Crippen LogP contribution >= 0.6 is 15.9 Å². The van der Waals surface area contributed by atoms with Crippen molar-refractivity contribution in [3.05, 3.63) is 11.6 Å². The summed E-state index contributed by atoms with van der Waals surface area (Å²) in [6.45, 7) is 4.83. The number of halogens is 1. The van der Waals surface area contributed by atoms with Crippen LogP contribution in [0, 0.1) is 40.4 Å². The molecule has 0 aliphatic heterocycles.